The van der Waals surface area contributed by atoms with E-state index in [1.165, 1.54) is 11.4 Å². The Bertz CT molecular complexity index is 781. The van der Waals surface area contributed by atoms with Gasteiger partial charge in [-0.15, -0.1) is 0 Å². The number of aryl methyl sites for hydroxylation is 2. The zero-order valence-corrected chi connectivity index (χ0v) is 17.1. The van der Waals surface area contributed by atoms with Gasteiger partial charge in [0, 0.05) is 6.54 Å². The Hall–Kier alpha value is -1.68. The van der Waals surface area contributed by atoms with Crippen LogP contribution in [0.3, 0.4) is 0 Å². The molecule has 1 aliphatic rings. The molecule has 27 heavy (non-hydrogen) atoms. The highest BCUT2D eigenvalue weighted by Gasteiger charge is 2.42. The van der Waals surface area contributed by atoms with Crippen molar-refractivity contribution in [1.82, 2.24) is 4.31 Å². The lowest BCUT2D eigenvalue weighted by Gasteiger charge is -2.42. The highest BCUT2D eigenvalue weighted by atomic mass is 32.2. The first kappa shape index (κ1) is 21.6. The second kappa shape index (κ2) is 8.14. The maximum Gasteiger partial charge on any atom is 0.329 e. The zero-order chi connectivity index (χ0) is 20.4. The third kappa shape index (κ3) is 4.98. The van der Waals surface area contributed by atoms with Crippen LogP contribution >= 0.6 is 0 Å². The standard InChI is InChI=1S/C18H27NO7S/c1-12-6-15(24-5)7-13(2)17(12)27(22,23)19-11-18(3,4)26-9-14(19)8-25-10-16(20)21/h6-7,14H,8-11H2,1-5H3,(H,20,21)/t14-/m1/s1. The molecule has 1 saturated heterocycles. The molecule has 1 N–H and O–H groups in total. The van der Waals surface area contributed by atoms with Crippen LogP contribution in [0, 0.1) is 13.8 Å². The van der Waals surface area contributed by atoms with Crippen molar-refractivity contribution in [3.63, 3.8) is 0 Å². The number of hydrogen-bond donors (Lipinski definition) is 1. The molecular weight excluding hydrogens is 374 g/mol. The summed E-state index contributed by atoms with van der Waals surface area (Å²) in [5.74, 6) is -0.518. The van der Waals surface area contributed by atoms with Crippen LogP contribution < -0.4 is 4.74 Å². The number of benzene rings is 1. The molecule has 0 spiro atoms. The van der Waals surface area contributed by atoms with Gasteiger partial charge in [0.05, 0.1) is 36.9 Å². The lowest BCUT2D eigenvalue weighted by atomic mass is 10.1. The molecule has 0 unspecified atom stereocenters. The van der Waals surface area contributed by atoms with E-state index in [1.807, 2.05) is 13.8 Å². The van der Waals surface area contributed by atoms with Crippen molar-refractivity contribution in [2.24, 2.45) is 0 Å². The molecule has 8 nitrogen and oxygen atoms in total. The van der Waals surface area contributed by atoms with Gasteiger partial charge in [-0.3, -0.25) is 0 Å². The molecule has 1 aromatic carbocycles. The Morgan fingerprint density at radius 2 is 1.93 bits per heavy atom. The van der Waals surface area contributed by atoms with E-state index in [0.717, 1.165) is 0 Å². The van der Waals surface area contributed by atoms with Crippen LogP contribution in [-0.2, 0) is 24.3 Å². The fourth-order valence-electron chi connectivity index (χ4n) is 3.20. The number of aliphatic carboxylic acids is 1. The first-order chi connectivity index (χ1) is 12.5. The quantitative estimate of drug-likeness (QED) is 0.740. The highest BCUT2D eigenvalue weighted by Crippen LogP contribution is 2.32. The van der Waals surface area contributed by atoms with E-state index < -0.39 is 34.2 Å². The summed E-state index contributed by atoms with van der Waals surface area (Å²) >= 11 is 0. The van der Waals surface area contributed by atoms with Crippen molar-refractivity contribution in [2.45, 2.75) is 44.2 Å². The molecule has 0 aromatic heterocycles. The van der Waals surface area contributed by atoms with E-state index in [1.54, 1.807) is 26.0 Å². The van der Waals surface area contributed by atoms with Gasteiger partial charge in [-0.05, 0) is 51.0 Å². The van der Waals surface area contributed by atoms with Gasteiger partial charge in [-0.1, -0.05) is 0 Å². The summed E-state index contributed by atoms with van der Waals surface area (Å²) < 4.78 is 44.4. The molecular formula is C18H27NO7S. The molecule has 0 amide bonds. The summed E-state index contributed by atoms with van der Waals surface area (Å²) in [4.78, 5) is 10.9. The minimum absolute atomic E-state index is 0.0597. The number of methoxy groups -OCH3 is 1. The fraction of sp³-hybridized carbons (Fsp3) is 0.611. The topological polar surface area (TPSA) is 102 Å². The van der Waals surface area contributed by atoms with Crippen molar-refractivity contribution in [2.75, 3.05) is 33.5 Å². The largest absolute Gasteiger partial charge is 0.497 e. The third-order valence-electron chi connectivity index (χ3n) is 4.38. The van der Waals surface area contributed by atoms with Gasteiger partial charge in [-0.25, -0.2) is 13.2 Å². The van der Waals surface area contributed by atoms with Crippen molar-refractivity contribution in [3.05, 3.63) is 23.3 Å². The normalized spacial score (nSPS) is 20.4. The molecule has 1 fully saturated rings. The van der Waals surface area contributed by atoms with Crippen LogP contribution in [0.25, 0.3) is 0 Å². The lowest BCUT2D eigenvalue weighted by Crippen LogP contribution is -2.57. The number of carboxylic acids is 1. The summed E-state index contributed by atoms with van der Waals surface area (Å²) in [7, 11) is -2.32. The highest BCUT2D eigenvalue weighted by molar-refractivity contribution is 7.89. The molecule has 0 radical (unpaired) electrons. The Kier molecular flexibility index (Phi) is 6.51. The van der Waals surface area contributed by atoms with E-state index in [9.17, 15) is 13.2 Å². The summed E-state index contributed by atoms with van der Waals surface area (Å²) in [5.41, 5.74) is 0.507. The predicted octanol–water partition coefficient (Wildman–Crippen LogP) is 1.58. The van der Waals surface area contributed by atoms with E-state index in [2.05, 4.69) is 0 Å². The molecule has 1 aromatic rings. The average molecular weight is 401 g/mol. The Morgan fingerprint density at radius 3 is 2.44 bits per heavy atom. The SMILES string of the molecule is COc1cc(C)c(S(=O)(=O)N2CC(C)(C)OC[C@H]2COCC(=O)O)c(C)c1. The van der Waals surface area contributed by atoms with Crippen LogP contribution in [0.5, 0.6) is 5.75 Å². The second-order valence-electron chi connectivity index (χ2n) is 7.27. The van der Waals surface area contributed by atoms with Crippen LogP contribution in [0.15, 0.2) is 17.0 Å². The number of carbonyl (C=O) groups is 1. The van der Waals surface area contributed by atoms with Crippen molar-refractivity contribution in [3.8, 4) is 5.75 Å². The number of sulfonamides is 1. The molecule has 1 heterocycles. The van der Waals surface area contributed by atoms with Gasteiger partial charge >= 0.3 is 5.97 Å². The first-order valence-corrected chi connectivity index (χ1v) is 10.0. The Morgan fingerprint density at radius 1 is 1.33 bits per heavy atom. The molecule has 2 rings (SSSR count). The van der Waals surface area contributed by atoms with Gasteiger partial charge < -0.3 is 19.3 Å². The van der Waals surface area contributed by atoms with Gasteiger partial charge in [0.25, 0.3) is 0 Å². The van der Waals surface area contributed by atoms with Crippen LogP contribution in [0.1, 0.15) is 25.0 Å². The van der Waals surface area contributed by atoms with Crippen molar-refractivity contribution < 1.29 is 32.5 Å². The number of rotatable bonds is 7. The van der Waals surface area contributed by atoms with E-state index in [-0.39, 0.29) is 24.7 Å². The van der Waals surface area contributed by atoms with Crippen LogP contribution in [-0.4, -0.2) is 68.9 Å². The third-order valence-corrected chi connectivity index (χ3v) is 6.59. The van der Waals surface area contributed by atoms with E-state index in [4.69, 9.17) is 19.3 Å². The first-order valence-electron chi connectivity index (χ1n) is 8.58. The van der Waals surface area contributed by atoms with Crippen molar-refractivity contribution >= 4 is 16.0 Å². The molecule has 1 atom stereocenters. The average Bonchev–Trinajstić information content (AvgIpc) is 2.54. The van der Waals surface area contributed by atoms with Crippen molar-refractivity contribution in [1.29, 1.82) is 0 Å². The molecule has 1 aliphatic heterocycles. The summed E-state index contributed by atoms with van der Waals surface area (Å²) in [6.07, 6.45) is 0. The van der Waals surface area contributed by atoms with Gasteiger partial charge in [0.1, 0.15) is 12.4 Å². The summed E-state index contributed by atoms with van der Waals surface area (Å²) in [5, 5.41) is 8.75. The number of morpholine rings is 1. The molecule has 9 heteroatoms. The van der Waals surface area contributed by atoms with E-state index >= 15 is 0 Å². The minimum atomic E-state index is -3.85. The lowest BCUT2D eigenvalue weighted by molar-refractivity contribution is -0.145. The number of nitrogens with zero attached hydrogens (tertiary/aromatic N) is 1. The summed E-state index contributed by atoms with van der Waals surface area (Å²) in [6, 6.07) is 2.76. The maximum atomic E-state index is 13.5. The van der Waals surface area contributed by atoms with Gasteiger partial charge in [-0.2, -0.15) is 4.31 Å². The molecule has 0 bridgehead atoms. The fourth-order valence-corrected chi connectivity index (χ4v) is 5.36. The number of hydrogen-bond acceptors (Lipinski definition) is 6. The second-order valence-corrected chi connectivity index (χ2v) is 9.10. The number of carboxylic acid groups (broad SMARTS) is 1. The van der Waals surface area contributed by atoms with E-state index in [0.29, 0.717) is 16.9 Å². The zero-order valence-electron chi connectivity index (χ0n) is 16.3. The minimum Gasteiger partial charge on any atom is -0.497 e. The smallest absolute Gasteiger partial charge is 0.329 e. The number of ether oxygens (including phenoxy) is 3. The molecule has 0 aliphatic carbocycles. The van der Waals surface area contributed by atoms with Crippen LogP contribution in [0.2, 0.25) is 0 Å². The monoisotopic (exact) mass is 401 g/mol. The molecule has 152 valence electrons. The van der Waals surface area contributed by atoms with Gasteiger partial charge in [0.2, 0.25) is 10.0 Å². The maximum absolute atomic E-state index is 13.5. The predicted molar refractivity (Wildman–Crippen MR) is 98.6 cm³/mol. The van der Waals surface area contributed by atoms with Crippen LogP contribution in [0.4, 0.5) is 0 Å². The van der Waals surface area contributed by atoms with Gasteiger partial charge in [0.15, 0.2) is 0 Å². The summed E-state index contributed by atoms with van der Waals surface area (Å²) in [6.45, 7) is 6.80. The Balaban J connectivity index is 2.40. The molecule has 0 saturated carbocycles. The Labute approximate surface area is 160 Å².